The maximum atomic E-state index is 12.6. The fourth-order valence-electron chi connectivity index (χ4n) is 4.50. The molecule has 2 saturated heterocycles. The highest BCUT2D eigenvalue weighted by Crippen LogP contribution is 2.33. The third-order valence-electron chi connectivity index (χ3n) is 6.17. The summed E-state index contributed by atoms with van der Waals surface area (Å²) in [5, 5.41) is 3.87. The van der Waals surface area contributed by atoms with Crippen LogP contribution in [-0.4, -0.2) is 56.7 Å². The van der Waals surface area contributed by atoms with E-state index in [1.807, 2.05) is 18.3 Å². The Hall–Kier alpha value is -2.90. The lowest BCUT2D eigenvalue weighted by molar-refractivity contribution is 0.0701. The van der Waals surface area contributed by atoms with Crippen molar-refractivity contribution >= 4 is 22.8 Å². The summed E-state index contributed by atoms with van der Waals surface area (Å²) in [5.41, 5.74) is 3.64. The van der Waals surface area contributed by atoms with Gasteiger partial charge in [-0.25, -0.2) is 9.97 Å². The zero-order valence-electron chi connectivity index (χ0n) is 17.0. The first-order valence-electron chi connectivity index (χ1n) is 10.4. The average molecular weight is 394 g/mol. The Balaban J connectivity index is 1.37. The molecule has 5 rings (SSSR count). The fraction of sp³-hybridized carbons (Fsp3) is 0.524. The Kier molecular flexibility index (Phi) is 4.49. The van der Waals surface area contributed by atoms with Gasteiger partial charge in [-0.15, -0.1) is 0 Å². The zero-order chi connectivity index (χ0) is 20.0. The largest absolute Gasteiger partial charge is 0.361 e. The second kappa shape index (κ2) is 7.17. The van der Waals surface area contributed by atoms with E-state index in [2.05, 4.69) is 25.7 Å². The topological polar surface area (TPSA) is 80.3 Å². The summed E-state index contributed by atoms with van der Waals surface area (Å²) in [4.78, 5) is 26.6. The first kappa shape index (κ1) is 18.1. The number of aryl methyl sites for hydroxylation is 2. The number of carbonyl (C=O) groups is 1. The van der Waals surface area contributed by atoms with Gasteiger partial charge in [0.1, 0.15) is 11.3 Å². The number of hydrogen-bond donors (Lipinski definition) is 0. The number of anilines is 1. The van der Waals surface area contributed by atoms with Gasteiger partial charge in [-0.3, -0.25) is 4.79 Å². The third kappa shape index (κ3) is 3.26. The average Bonchev–Trinajstić information content (AvgIpc) is 3.49. The van der Waals surface area contributed by atoms with Crippen molar-refractivity contribution in [2.45, 2.75) is 38.5 Å². The molecular weight excluding hydrogens is 368 g/mol. The Morgan fingerprint density at radius 3 is 2.59 bits per heavy atom. The van der Waals surface area contributed by atoms with E-state index in [1.54, 1.807) is 13.0 Å². The van der Waals surface area contributed by atoms with Gasteiger partial charge in [0.05, 0.1) is 11.8 Å². The normalized spacial score (nSPS) is 18.1. The van der Waals surface area contributed by atoms with Crippen LogP contribution in [0.3, 0.4) is 0 Å². The Morgan fingerprint density at radius 1 is 1.14 bits per heavy atom. The maximum absolute atomic E-state index is 12.6. The van der Waals surface area contributed by atoms with Crippen LogP contribution in [0.5, 0.6) is 0 Å². The number of carbonyl (C=O) groups excluding carboxylic acids is 1. The minimum Gasteiger partial charge on any atom is -0.361 e. The molecule has 0 N–H and O–H groups in total. The van der Waals surface area contributed by atoms with Gasteiger partial charge >= 0.3 is 0 Å². The lowest BCUT2D eigenvalue weighted by Gasteiger charge is -2.31. The van der Waals surface area contributed by atoms with Crippen molar-refractivity contribution in [2.24, 2.45) is 7.05 Å². The van der Waals surface area contributed by atoms with Crippen LogP contribution in [0.15, 0.2) is 23.0 Å². The number of amides is 1. The zero-order valence-corrected chi connectivity index (χ0v) is 17.0. The highest BCUT2D eigenvalue weighted by Gasteiger charge is 2.28. The van der Waals surface area contributed by atoms with E-state index in [1.165, 1.54) is 12.8 Å². The molecule has 2 aliphatic rings. The van der Waals surface area contributed by atoms with E-state index >= 15 is 0 Å². The number of fused-ring (bicyclic) bond motifs is 1. The molecule has 2 aliphatic heterocycles. The van der Waals surface area contributed by atoms with E-state index in [-0.39, 0.29) is 5.91 Å². The molecule has 0 radical (unpaired) electrons. The Labute approximate surface area is 169 Å². The number of piperidine rings is 1. The number of rotatable bonds is 3. The summed E-state index contributed by atoms with van der Waals surface area (Å²) in [6, 6.07) is 3.89. The highest BCUT2D eigenvalue weighted by atomic mass is 16.5. The van der Waals surface area contributed by atoms with Crippen molar-refractivity contribution in [1.82, 2.24) is 24.6 Å². The van der Waals surface area contributed by atoms with Crippen molar-refractivity contribution in [3.63, 3.8) is 0 Å². The number of aromatic nitrogens is 4. The monoisotopic (exact) mass is 394 g/mol. The summed E-state index contributed by atoms with van der Waals surface area (Å²) in [6.45, 7) is 5.31. The molecule has 1 amide bonds. The van der Waals surface area contributed by atoms with Crippen molar-refractivity contribution < 1.29 is 9.32 Å². The van der Waals surface area contributed by atoms with Crippen molar-refractivity contribution in [2.75, 3.05) is 31.1 Å². The number of nitrogens with zero attached hydrogens (tertiary/aromatic N) is 6. The van der Waals surface area contributed by atoms with Gasteiger partial charge in [0.25, 0.3) is 5.91 Å². The number of pyridine rings is 1. The molecule has 0 bridgehead atoms. The SMILES string of the molecule is Cc1cc(C(=O)N2CCC(c3cc4c(ncn4C)c(N4CCCC4)n3)CC2)no1. The standard InChI is InChI=1S/C21H26N6O2/c1-14-11-17(24-29-14)21(28)27-9-5-15(6-10-27)16-12-18-19(22-13-25(18)2)20(23-16)26-7-3-4-8-26/h11-13,15H,3-10H2,1-2H3. The second-order valence-corrected chi connectivity index (χ2v) is 8.18. The minimum absolute atomic E-state index is 0.0481. The van der Waals surface area contributed by atoms with Crippen LogP contribution in [0.25, 0.3) is 11.0 Å². The van der Waals surface area contributed by atoms with Crippen LogP contribution in [-0.2, 0) is 7.05 Å². The molecule has 29 heavy (non-hydrogen) atoms. The third-order valence-corrected chi connectivity index (χ3v) is 6.17. The van der Waals surface area contributed by atoms with Crippen LogP contribution in [0, 0.1) is 6.92 Å². The highest BCUT2D eigenvalue weighted by molar-refractivity contribution is 5.92. The fourth-order valence-corrected chi connectivity index (χ4v) is 4.50. The minimum atomic E-state index is -0.0481. The van der Waals surface area contributed by atoms with Crippen LogP contribution >= 0.6 is 0 Å². The van der Waals surface area contributed by atoms with E-state index in [0.717, 1.165) is 48.5 Å². The Morgan fingerprint density at radius 2 is 1.90 bits per heavy atom. The van der Waals surface area contributed by atoms with Crippen molar-refractivity contribution in [3.05, 3.63) is 35.6 Å². The molecule has 0 saturated carbocycles. The summed E-state index contributed by atoms with van der Waals surface area (Å²) in [7, 11) is 2.04. The molecule has 3 aromatic rings. The summed E-state index contributed by atoms with van der Waals surface area (Å²) in [6.07, 6.45) is 6.10. The van der Waals surface area contributed by atoms with E-state index in [9.17, 15) is 4.79 Å². The lowest BCUT2D eigenvalue weighted by Crippen LogP contribution is -2.38. The molecule has 8 heteroatoms. The van der Waals surface area contributed by atoms with Gasteiger partial charge in [0.2, 0.25) is 0 Å². The molecule has 0 unspecified atom stereocenters. The molecule has 5 heterocycles. The smallest absolute Gasteiger partial charge is 0.276 e. The predicted molar refractivity (Wildman–Crippen MR) is 109 cm³/mol. The molecule has 152 valence electrons. The second-order valence-electron chi connectivity index (χ2n) is 8.18. The van der Waals surface area contributed by atoms with Crippen molar-refractivity contribution in [3.8, 4) is 0 Å². The van der Waals surface area contributed by atoms with E-state index in [4.69, 9.17) is 9.51 Å². The molecule has 2 fully saturated rings. The van der Waals surface area contributed by atoms with Gasteiger partial charge < -0.3 is 18.9 Å². The molecule has 0 aliphatic carbocycles. The summed E-state index contributed by atoms with van der Waals surface area (Å²) >= 11 is 0. The van der Waals surface area contributed by atoms with Crippen LogP contribution in [0.4, 0.5) is 5.82 Å². The van der Waals surface area contributed by atoms with Gasteiger partial charge in [0, 0.05) is 50.9 Å². The predicted octanol–water partition coefficient (Wildman–Crippen LogP) is 2.88. The van der Waals surface area contributed by atoms with Gasteiger partial charge in [-0.2, -0.15) is 0 Å². The molecule has 0 aromatic carbocycles. The van der Waals surface area contributed by atoms with E-state index in [0.29, 0.717) is 30.5 Å². The van der Waals surface area contributed by atoms with Crippen LogP contribution in [0.1, 0.15) is 53.5 Å². The van der Waals surface area contributed by atoms with E-state index < -0.39 is 0 Å². The van der Waals surface area contributed by atoms with Crippen LogP contribution < -0.4 is 4.90 Å². The maximum Gasteiger partial charge on any atom is 0.276 e. The quantitative estimate of drug-likeness (QED) is 0.680. The van der Waals surface area contributed by atoms with Crippen LogP contribution in [0.2, 0.25) is 0 Å². The summed E-state index contributed by atoms with van der Waals surface area (Å²) < 4.78 is 7.13. The molecular formula is C21H26N6O2. The van der Waals surface area contributed by atoms with Crippen molar-refractivity contribution in [1.29, 1.82) is 0 Å². The summed E-state index contributed by atoms with van der Waals surface area (Å²) in [5.74, 6) is 1.98. The lowest BCUT2D eigenvalue weighted by atomic mass is 9.92. The molecule has 0 spiro atoms. The van der Waals surface area contributed by atoms with Gasteiger partial charge in [0.15, 0.2) is 11.5 Å². The number of imidazole rings is 1. The van der Waals surface area contributed by atoms with Gasteiger partial charge in [-0.05, 0) is 38.7 Å². The Bertz CT molecular complexity index is 1040. The first-order valence-corrected chi connectivity index (χ1v) is 10.4. The number of likely N-dealkylation sites (tertiary alicyclic amines) is 1. The molecule has 3 aromatic heterocycles. The first-order chi connectivity index (χ1) is 14.1. The molecule has 8 nitrogen and oxygen atoms in total. The molecule has 0 atom stereocenters. The van der Waals surface area contributed by atoms with Gasteiger partial charge in [-0.1, -0.05) is 5.16 Å². The number of hydrogen-bond acceptors (Lipinski definition) is 6.